The van der Waals surface area contributed by atoms with Crippen molar-refractivity contribution in [3.05, 3.63) is 35.9 Å². The van der Waals surface area contributed by atoms with Gasteiger partial charge in [0.2, 0.25) is 0 Å². The van der Waals surface area contributed by atoms with E-state index in [0.717, 1.165) is 10.7 Å². The maximum atomic E-state index is 4.72. The fourth-order valence-electron chi connectivity index (χ4n) is 2.45. The highest BCUT2D eigenvalue weighted by atomic mass is 79.9. The third-order valence-corrected chi connectivity index (χ3v) is 6.13. The zero-order valence-corrected chi connectivity index (χ0v) is 12.9. The number of nitrogens with zero attached hydrogens (tertiary/aromatic N) is 2. The number of alkyl halides is 1. The average Bonchev–Trinajstić information content (AvgIpc) is 2.84. The molecule has 3 atom stereocenters. The predicted octanol–water partition coefficient (Wildman–Crippen LogP) is 3.40. The first-order valence-corrected chi connectivity index (χ1v) is 8.35. The molecule has 1 aromatic rings. The number of hydrogen-bond acceptors (Lipinski definition) is 4. The van der Waals surface area contributed by atoms with Gasteiger partial charge in [0.15, 0.2) is 5.17 Å². The Morgan fingerprint density at radius 1 is 1.32 bits per heavy atom. The molecule has 19 heavy (non-hydrogen) atoms. The summed E-state index contributed by atoms with van der Waals surface area (Å²) in [4.78, 5) is 5.30. The number of nitrogens with one attached hydrogen (secondary N) is 1. The molecule has 0 bridgehead atoms. The molecule has 1 fully saturated rings. The van der Waals surface area contributed by atoms with E-state index in [1.54, 1.807) is 0 Å². The van der Waals surface area contributed by atoms with Gasteiger partial charge in [0, 0.05) is 10.1 Å². The molecule has 1 aromatic carbocycles. The lowest BCUT2D eigenvalue weighted by molar-refractivity contribution is 0.475. The zero-order valence-electron chi connectivity index (χ0n) is 10.5. The highest BCUT2D eigenvalue weighted by Gasteiger charge is 2.37. The first kappa shape index (κ1) is 13.2. The second kappa shape index (κ2) is 6.09. The van der Waals surface area contributed by atoms with Gasteiger partial charge in [-0.15, -0.1) is 0 Å². The van der Waals surface area contributed by atoms with Crippen molar-refractivity contribution in [3.63, 3.8) is 0 Å². The van der Waals surface area contributed by atoms with Crippen LogP contribution in [0.1, 0.15) is 24.8 Å². The third kappa shape index (κ3) is 3.20. The van der Waals surface area contributed by atoms with Crippen LogP contribution in [0.3, 0.4) is 0 Å². The summed E-state index contributed by atoms with van der Waals surface area (Å²) in [6.45, 7) is 0. The lowest BCUT2D eigenvalue weighted by atomic mass is 9.95. The Hall–Kier alpha value is -0.810. The third-order valence-electron chi connectivity index (χ3n) is 3.42. The molecular formula is C14H16BrN3S. The summed E-state index contributed by atoms with van der Waals surface area (Å²) in [6.07, 6.45) is 5.55. The summed E-state index contributed by atoms with van der Waals surface area (Å²) in [7, 11) is 0. The fraction of sp³-hybridized carbons (Fsp3) is 0.429. The molecule has 0 unspecified atom stereocenters. The quantitative estimate of drug-likeness (QED) is 0.510. The zero-order chi connectivity index (χ0) is 13.1. The van der Waals surface area contributed by atoms with Gasteiger partial charge in [-0.2, -0.15) is 5.10 Å². The number of fused-ring (bicyclic) bond motifs is 1. The first-order valence-electron chi connectivity index (χ1n) is 6.55. The molecule has 0 spiro atoms. The van der Waals surface area contributed by atoms with Crippen LogP contribution >= 0.6 is 27.7 Å². The normalized spacial score (nSPS) is 30.2. The lowest BCUT2D eigenvalue weighted by Gasteiger charge is -2.27. The van der Waals surface area contributed by atoms with E-state index < -0.39 is 0 Å². The number of aliphatic imine (C=N–C) groups is 1. The molecule has 3 nitrogen and oxygen atoms in total. The Morgan fingerprint density at radius 2 is 2.16 bits per heavy atom. The van der Waals surface area contributed by atoms with Gasteiger partial charge >= 0.3 is 0 Å². The Bertz CT molecular complexity index is 489. The van der Waals surface area contributed by atoms with Crippen LogP contribution in [0.15, 0.2) is 40.4 Å². The van der Waals surface area contributed by atoms with Crippen LogP contribution in [0.25, 0.3) is 0 Å². The summed E-state index contributed by atoms with van der Waals surface area (Å²) in [5.41, 5.74) is 4.16. The van der Waals surface area contributed by atoms with Crippen LogP contribution < -0.4 is 5.43 Å². The topological polar surface area (TPSA) is 36.8 Å². The van der Waals surface area contributed by atoms with Crippen molar-refractivity contribution in [3.8, 4) is 0 Å². The molecule has 0 aromatic heterocycles. The summed E-state index contributed by atoms with van der Waals surface area (Å²) < 4.78 is 0. The second-order valence-corrected chi connectivity index (χ2v) is 7.15. The van der Waals surface area contributed by atoms with Gasteiger partial charge in [-0.1, -0.05) is 64.4 Å². The number of hydrogen-bond donors (Lipinski definition) is 1. The van der Waals surface area contributed by atoms with Crippen LogP contribution in [0, 0.1) is 0 Å². The summed E-state index contributed by atoms with van der Waals surface area (Å²) >= 11 is 5.58. The van der Waals surface area contributed by atoms with Gasteiger partial charge in [-0.25, -0.2) is 0 Å². The van der Waals surface area contributed by atoms with Crippen molar-refractivity contribution >= 4 is 39.1 Å². The molecule has 0 saturated heterocycles. The average molecular weight is 338 g/mol. The molecule has 3 rings (SSSR count). The number of thioether (sulfide) groups is 1. The van der Waals surface area contributed by atoms with E-state index in [4.69, 9.17) is 4.99 Å². The minimum atomic E-state index is 0.456. The van der Waals surface area contributed by atoms with Crippen molar-refractivity contribution in [2.75, 3.05) is 0 Å². The van der Waals surface area contributed by atoms with Crippen molar-refractivity contribution in [1.82, 2.24) is 5.43 Å². The van der Waals surface area contributed by atoms with Crippen molar-refractivity contribution in [2.45, 2.75) is 35.4 Å². The number of hydrazone groups is 1. The molecule has 2 aliphatic rings. The van der Waals surface area contributed by atoms with Crippen LogP contribution in [0.2, 0.25) is 0 Å². The highest BCUT2D eigenvalue weighted by molar-refractivity contribution is 9.09. The molecule has 1 aliphatic carbocycles. The number of amidine groups is 1. The molecule has 5 heteroatoms. The summed E-state index contributed by atoms with van der Waals surface area (Å²) in [6, 6.07) is 10.5. The van der Waals surface area contributed by atoms with Crippen LogP contribution in [-0.2, 0) is 0 Å². The SMILES string of the molecule is Br[C@H]1CCC[C@H]2N=C(N/N=C\c3ccccc3)S[C@@H]12. The first-order chi connectivity index (χ1) is 9.33. The highest BCUT2D eigenvalue weighted by Crippen LogP contribution is 2.39. The van der Waals surface area contributed by atoms with E-state index >= 15 is 0 Å². The van der Waals surface area contributed by atoms with Crippen LogP contribution in [0.4, 0.5) is 0 Å². The van der Waals surface area contributed by atoms with Crippen LogP contribution in [-0.4, -0.2) is 27.5 Å². The molecule has 1 heterocycles. The lowest BCUT2D eigenvalue weighted by Crippen LogP contribution is -2.31. The van der Waals surface area contributed by atoms with E-state index in [-0.39, 0.29) is 0 Å². The monoisotopic (exact) mass is 337 g/mol. The second-order valence-electron chi connectivity index (χ2n) is 4.81. The van der Waals surface area contributed by atoms with Crippen LogP contribution in [0.5, 0.6) is 0 Å². The minimum Gasteiger partial charge on any atom is -0.257 e. The van der Waals surface area contributed by atoms with Gasteiger partial charge in [0.05, 0.1) is 12.3 Å². The van der Waals surface area contributed by atoms with Gasteiger partial charge in [-0.05, 0) is 18.4 Å². The van der Waals surface area contributed by atoms with Crippen molar-refractivity contribution in [2.24, 2.45) is 10.1 Å². The molecule has 1 saturated carbocycles. The Labute approximate surface area is 126 Å². The molecule has 1 N–H and O–H groups in total. The van der Waals surface area contributed by atoms with E-state index in [9.17, 15) is 0 Å². The predicted molar refractivity (Wildman–Crippen MR) is 86.3 cm³/mol. The molecule has 100 valence electrons. The summed E-state index contributed by atoms with van der Waals surface area (Å²) in [5.74, 6) is 0. The Balaban J connectivity index is 1.58. The molecule has 0 radical (unpaired) electrons. The van der Waals surface area contributed by atoms with E-state index in [1.165, 1.54) is 19.3 Å². The van der Waals surface area contributed by atoms with Gasteiger partial charge in [-0.3, -0.25) is 10.4 Å². The van der Waals surface area contributed by atoms with Gasteiger partial charge in [0.1, 0.15) is 0 Å². The number of halogens is 1. The number of benzene rings is 1. The Morgan fingerprint density at radius 3 is 2.95 bits per heavy atom. The smallest absolute Gasteiger partial charge is 0.177 e. The van der Waals surface area contributed by atoms with Crippen molar-refractivity contribution < 1.29 is 0 Å². The van der Waals surface area contributed by atoms with Crippen molar-refractivity contribution in [1.29, 1.82) is 0 Å². The maximum Gasteiger partial charge on any atom is 0.177 e. The standard InChI is InChI=1S/C14H16BrN3S/c15-11-7-4-8-12-13(11)19-14(17-12)18-16-9-10-5-2-1-3-6-10/h1-3,5-6,9,11-13H,4,7-8H2,(H,17,18)/b16-9-/t11-,12+,13-/m0/s1. The molecule has 1 aliphatic heterocycles. The summed E-state index contributed by atoms with van der Waals surface area (Å²) in [5, 5.41) is 5.79. The van der Waals surface area contributed by atoms with E-state index in [0.29, 0.717) is 16.1 Å². The number of rotatable bonds is 2. The van der Waals surface area contributed by atoms with Gasteiger partial charge < -0.3 is 0 Å². The maximum absolute atomic E-state index is 4.72. The molecule has 0 amide bonds. The Kier molecular flexibility index (Phi) is 4.23. The largest absolute Gasteiger partial charge is 0.257 e. The van der Waals surface area contributed by atoms with E-state index in [1.807, 2.05) is 48.3 Å². The van der Waals surface area contributed by atoms with E-state index in [2.05, 4.69) is 26.5 Å². The fourth-order valence-corrected chi connectivity index (χ4v) is 4.65. The minimum absolute atomic E-state index is 0.456. The molecular weight excluding hydrogens is 322 g/mol. The van der Waals surface area contributed by atoms with Gasteiger partial charge in [0.25, 0.3) is 0 Å².